The van der Waals surface area contributed by atoms with Crippen LogP contribution in [-0.2, 0) is 14.8 Å². The molecule has 0 spiro atoms. The molecule has 0 unspecified atom stereocenters. The van der Waals surface area contributed by atoms with Crippen LogP contribution in [0, 0.1) is 6.92 Å². The summed E-state index contributed by atoms with van der Waals surface area (Å²) in [7, 11) is -3.68. The standard InChI is InChI=1S/C20H25ClN2O3S/c1-14-10-11-18(21)12-19(14)23(27(4,25)26)16(3)20(24)22-13-15(2)17-8-6-5-7-9-17/h5-12,15-16H,13H2,1-4H3,(H,22,24)/t15-,16+/m1/s1. The molecular formula is C20H25ClN2O3S. The van der Waals surface area contributed by atoms with E-state index in [0.717, 1.165) is 21.7 Å². The van der Waals surface area contributed by atoms with Crippen molar-refractivity contribution in [1.29, 1.82) is 0 Å². The SMILES string of the molecule is Cc1ccc(Cl)cc1N([C@@H](C)C(=O)NC[C@@H](C)c1ccccc1)S(C)(=O)=O. The van der Waals surface area contributed by atoms with E-state index in [4.69, 9.17) is 11.6 Å². The van der Waals surface area contributed by atoms with Crippen LogP contribution in [0.4, 0.5) is 5.69 Å². The van der Waals surface area contributed by atoms with Crippen LogP contribution < -0.4 is 9.62 Å². The maximum atomic E-state index is 12.7. The number of rotatable bonds is 7. The Bertz CT molecular complexity index is 901. The molecule has 7 heteroatoms. The minimum atomic E-state index is -3.68. The van der Waals surface area contributed by atoms with E-state index in [1.165, 1.54) is 0 Å². The number of aryl methyl sites for hydroxylation is 1. The molecule has 0 bridgehead atoms. The molecule has 2 aromatic carbocycles. The number of amides is 1. The Balaban J connectivity index is 2.19. The molecule has 0 aromatic heterocycles. The van der Waals surface area contributed by atoms with Crippen LogP contribution in [0.15, 0.2) is 48.5 Å². The highest BCUT2D eigenvalue weighted by molar-refractivity contribution is 7.92. The number of halogens is 1. The van der Waals surface area contributed by atoms with Gasteiger partial charge in [0.25, 0.3) is 0 Å². The lowest BCUT2D eigenvalue weighted by Gasteiger charge is -2.30. The molecule has 0 saturated heterocycles. The average molecular weight is 409 g/mol. The van der Waals surface area contributed by atoms with Gasteiger partial charge in [-0.15, -0.1) is 0 Å². The fourth-order valence-corrected chi connectivity index (χ4v) is 4.29. The summed E-state index contributed by atoms with van der Waals surface area (Å²) >= 11 is 6.04. The summed E-state index contributed by atoms with van der Waals surface area (Å²) < 4.78 is 25.9. The van der Waals surface area contributed by atoms with Crippen LogP contribution in [0.5, 0.6) is 0 Å². The van der Waals surface area contributed by atoms with Gasteiger partial charge in [0.15, 0.2) is 0 Å². The van der Waals surface area contributed by atoms with Crippen molar-refractivity contribution in [3.8, 4) is 0 Å². The number of nitrogens with zero attached hydrogens (tertiary/aromatic N) is 1. The van der Waals surface area contributed by atoms with Crippen LogP contribution in [0.1, 0.15) is 30.9 Å². The molecule has 0 saturated carbocycles. The first-order chi connectivity index (χ1) is 12.6. The normalized spacial score (nSPS) is 13.7. The van der Waals surface area contributed by atoms with E-state index >= 15 is 0 Å². The molecule has 2 atom stereocenters. The maximum absolute atomic E-state index is 12.7. The zero-order chi connectivity index (χ0) is 20.2. The van der Waals surface area contributed by atoms with Crippen molar-refractivity contribution >= 4 is 33.2 Å². The minimum Gasteiger partial charge on any atom is -0.354 e. The van der Waals surface area contributed by atoms with E-state index in [1.807, 2.05) is 37.3 Å². The second-order valence-corrected chi connectivity index (χ2v) is 9.02. The molecule has 1 N–H and O–H groups in total. The average Bonchev–Trinajstić information content (AvgIpc) is 2.62. The molecule has 0 radical (unpaired) electrons. The number of anilines is 1. The van der Waals surface area contributed by atoms with Crippen LogP contribution in [0.25, 0.3) is 0 Å². The number of hydrogen-bond acceptors (Lipinski definition) is 3. The lowest BCUT2D eigenvalue weighted by Crippen LogP contribution is -2.48. The van der Waals surface area contributed by atoms with Crippen LogP contribution in [0.2, 0.25) is 5.02 Å². The van der Waals surface area contributed by atoms with Crippen molar-refractivity contribution in [2.24, 2.45) is 0 Å². The third kappa shape index (κ3) is 5.47. The molecule has 2 aromatic rings. The molecular weight excluding hydrogens is 384 g/mol. The Labute approximate surface area is 166 Å². The van der Waals surface area contributed by atoms with E-state index in [2.05, 4.69) is 5.32 Å². The molecule has 0 fully saturated rings. The molecule has 27 heavy (non-hydrogen) atoms. The number of benzene rings is 2. The fraction of sp³-hybridized carbons (Fsp3) is 0.350. The first kappa shape index (κ1) is 21.3. The number of hydrogen-bond donors (Lipinski definition) is 1. The molecule has 0 aliphatic rings. The summed E-state index contributed by atoms with van der Waals surface area (Å²) in [5.74, 6) is -0.246. The lowest BCUT2D eigenvalue weighted by molar-refractivity contribution is -0.121. The van der Waals surface area contributed by atoms with E-state index in [0.29, 0.717) is 17.3 Å². The Morgan fingerprint density at radius 3 is 2.37 bits per heavy atom. The Hall–Kier alpha value is -2.05. The van der Waals surface area contributed by atoms with Gasteiger partial charge >= 0.3 is 0 Å². The van der Waals surface area contributed by atoms with Gasteiger partial charge in [-0.25, -0.2) is 8.42 Å². The van der Waals surface area contributed by atoms with Crippen molar-refractivity contribution in [1.82, 2.24) is 5.32 Å². The Morgan fingerprint density at radius 2 is 1.78 bits per heavy atom. The third-order valence-electron chi connectivity index (χ3n) is 4.45. The third-order valence-corrected chi connectivity index (χ3v) is 5.91. The molecule has 0 aliphatic carbocycles. The van der Waals surface area contributed by atoms with Gasteiger partial charge in [-0.1, -0.05) is 54.9 Å². The van der Waals surface area contributed by atoms with Crippen molar-refractivity contribution in [3.05, 3.63) is 64.7 Å². The predicted molar refractivity (Wildman–Crippen MR) is 111 cm³/mol. The van der Waals surface area contributed by atoms with Gasteiger partial charge in [-0.2, -0.15) is 0 Å². The molecule has 1 amide bonds. The Kier molecular flexibility index (Phi) is 6.89. The van der Waals surface area contributed by atoms with E-state index in [1.54, 1.807) is 32.0 Å². The van der Waals surface area contributed by atoms with Gasteiger partial charge in [0, 0.05) is 11.6 Å². The highest BCUT2D eigenvalue weighted by atomic mass is 35.5. The van der Waals surface area contributed by atoms with Crippen molar-refractivity contribution in [2.75, 3.05) is 17.1 Å². The van der Waals surface area contributed by atoms with Crippen molar-refractivity contribution in [2.45, 2.75) is 32.7 Å². The van der Waals surface area contributed by atoms with Crippen LogP contribution in [-0.4, -0.2) is 33.2 Å². The zero-order valence-corrected chi connectivity index (χ0v) is 17.5. The van der Waals surface area contributed by atoms with Gasteiger partial charge in [0.2, 0.25) is 15.9 Å². The smallest absolute Gasteiger partial charge is 0.243 e. The maximum Gasteiger partial charge on any atom is 0.243 e. The van der Waals surface area contributed by atoms with Gasteiger partial charge in [-0.05, 0) is 43.0 Å². The van der Waals surface area contributed by atoms with Crippen LogP contribution >= 0.6 is 11.6 Å². The summed E-state index contributed by atoms with van der Waals surface area (Å²) in [6.07, 6.45) is 1.09. The second kappa shape index (κ2) is 8.76. The number of carbonyl (C=O) groups is 1. The second-order valence-electron chi connectivity index (χ2n) is 6.72. The van der Waals surface area contributed by atoms with E-state index in [9.17, 15) is 13.2 Å². The summed E-state index contributed by atoms with van der Waals surface area (Å²) in [4.78, 5) is 12.7. The summed E-state index contributed by atoms with van der Waals surface area (Å²) in [6.45, 7) is 5.78. The van der Waals surface area contributed by atoms with Gasteiger partial charge in [0.05, 0.1) is 11.9 Å². The topological polar surface area (TPSA) is 66.5 Å². The molecule has 5 nitrogen and oxygen atoms in total. The van der Waals surface area contributed by atoms with E-state index in [-0.39, 0.29) is 11.8 Å². The van der Waals surface area contributed by atoms with E-state index < -0.39 is 16.1 Å². The summed E-state index contributed by atoms with van der Waals surface area (Å²) in [5, 5.41) is 3.27. The highest BCUT2D eigenvalue weighted by Crippen LogP contribution is 2.28. The largest absolute Gasteiger partial charge is 0.354 e. The number of nitrogens with one attached hydrogen (secondary N) is 1. The van der Waals surface area contributed by atoms with Crippen molar-refractivity contribution in [3.63, 3.8) is 0 Å². The molecule has 0 aliphatic heterocycles. The fourth-order valence-electron chi connectivity index (χ4n) is 2.90. The zero-order valence-electron chi connectivity index (χ0n) is 15.9. The lowest BCUT2D eigenvalue weighted by atomic mass is 10.0. The predicted octanol–water partition coefficient (Wildman–Crippen LogP) is 3.72. The minimum absolute atomic E-state index is 0.113. The number of sulfonamides is 1. The first-order valence-electron chi connectivity index (χ1n) is 8.69. The van der Waals surface area contributed by atoms with Crippen LogP contribution in [0.3, 0.4) is 0 Å². The molecule has 146 valence electrons. The summed E-state index contributed by atoms with van der Waals surface area (Å²) in [5.41, 5.74) is 2.24. The quantitative estimate of drug-likeness (QED) is 0.759. The van der Waals surface area contributed by atoms with Gasteiger partial charge in [0.1, 0.15) is 6.04 Å². The van der Waals surface area contributed by atoms with Crippen molar-refractivity contribution < 1.29 is 13.2 Å². The van der Waals surface area contributed by atoms with Gasteiger partial charge < -0.3 is 5.32 Å². The summed E-state index contributed by atoms with van der Waals surface area (Å²) in [6, 6.07) is 13.9. The molecule has 0 heterocycles. The van der Waals surface area contributed by atoms with Gasteiger partial charge in [-0.3, -0.25) is 9.10 Å². The highest BCUT2D eigenvalue weighted by Gasteiger charge is 2.30. The number of carbonyl (C=O) groups excluding carboxylic acids is 1. The first-order valence-corrected chi connectivity index (χ1v) is 10.9. The Morgan fingerprint density at radius 1 is 1.15 bits per heavy atom. The molecule has 2 rings (SSSR count). The monoisotopic (exact) mass is 408 g/mol.